The Morgan fingerprint density at radius 3 is 2.47 bits per heavy atom. The minimum absolute atomic E-state index is 0.0710. The lowest BCUT2D eigenvalue weighted by molar-refractivity contribution is -0.128. The van der Waals surface area contributed by atoms with E-state index in [1.165, 1.54) is 0 Å². The fourth-order valence-electron chi connectivity index (χ4n) is 3.59. The first-order chi connectivity index (χ1) is 15.6. The molecule has 4 rings (SSSR count). The van der Waals surface area contributed by atoms with Gasteiger partial charge >= 0.3 is 0 Å². The first-order valence-electron chi connectivity index (χ1n) is 10.2. The van der Waals surface area contributed by atoms with Gasteiger partial charge < -0.3 is 19.7 Å². The summed E-state index contributed by atoms with van der Waals surface area (Å²) in [7, 11) is 3.12. The maximum Gasteiger partial charge on any atom is 0.255 e. The SMILES string of the molecule is COc1ccc(OC)c(NC(=O)c2ccc([C@@H]3SCC(=O)N3Cc3ccccc3)cc2)c1. The van der Waals surface area contributed by atoms with Crippen molar-refractivity contribution in [2.24, 2.45) is 0 Å². The molecule has 1 fully saturated rings. The number of nitrogens with zero attached hydrogens (tertiary/aromatic N) is 1. The molecule has 1 N–H and O–H groups in total. The van der Waals surface area contributed by atoms with Crippen molar-refractivity contribution in [3.05, 3.63) is 89.5 Å². The molecule has 6 nitrogen and oxygen atoms in total. The molecule has 0 bridgehead atoms. The number of rotatable bonds is 7. The van der Waals surface area contributed by atoms with Crippen LogP contribution < -0.4 is 14.8 Å². The van der Waals surface area contributed by atoms with Crippen LogP contribution in [0.2, 0.25) is 0 Å². The molecule has 7 heteroatoms. The molecular formula is C25H24N2O4S. The number of nitrogens with one attached hydrogen (secondary N) is 1. The highest BCUT2D eigenvalue weighted by atomic mass is 32.2. The van der Waals surface area contributed by atoms with Gasteiger partial charge in [-0.05, 0) is 35.4 Å². The van der Waals surface area contributed by atoms with E-state index in [1.807, 2.05) is 47.4 Å². The van der Waals surface area contributed by atoms with Gasteiger partial charge in [-0.25, -0.2) is 0 Å². The number of anilines is 1. The van der Waals surface area contributed by atoms with E-state index in [9.17, 15) is 9.59 Å². The summed E-state index contributed by atoms with van der Waals surface area (Å²) in [6.45, 7) is 0.565. The van der Waals surface area contributed by atoms with Gasteiger partial charge in [0.25, 0.3) is 5.91 Å². The molecule has 0 spiro atoms. The van der Waals surface area contributed by atoms with Gasteiger partial charge in [0.05, 0.1) is 25.7 Å². The van der Waals surface area contributed by atoms with E-state index in [2.05, 4.69) is 5.32 Å². The second-order valence-corrected chi connectivity index (χ2v) is 8.38. The minimum Gasteiger partial charge on any atom is -0.497 e. The van der Waals surface area contributed by atoms with Crippen LogP contribution in [0.5, 0.6) is 11.5 Å². The lowest BCUT2D eigenvalue weighted by Gasteiger charge is -2.24. The summed E-state index contributed by atoms with van der Waals surface area (Å²) in [5.41, 5.74) is 3.14. The molecule has 32 heavy (non-hydrogen) atoms. The van der Waals surface area contributed by atoms with Crippen LogP contribution in [0.15, 0.2) is 72.8 Å². The van der Waals surface area contributed by atoms with Crippen molar-refractivity contribution in [1.82, 2.24) is 4.90 Å². The Labute approximate surface area is 191 Å². The molecule has 0 aliphatic carbocycles. The number of amides is 2. The van der Waals surface area contributed by atoms with Crippen LogP contribution in [0, 0.1) is 0 Å². The average Bonchev–Trinajstić information content (AvgIpc) is 3.19. The number of hydrogen-bond donors (Lipinski definition) is 1. The van der Waals surface area contributed by atoms with Crippen molar-refractivity contribution in [3.63, 3.8) is 0 Å². The topological polar surface area (TPSA) is 67.9 Å². The fraction of sp³-hybridized carbons (Fsp3) is 0.200. The Bertz CT molecular complexity index is 1100. The lowest BCUT2D eigenvalue weighted by atomic mass is 10.1. The average molecular weight is 449 g/mol. The van der Waals surface area contributed by atoms with Crippen molar-refractivity contribution in [2.45, 2.75) is 11.9 Å². The van der Waals surface area contributed by atoms with Crippen LogP contribution in [-0.2, 0) is 11.3 Å². The van der Waals surface area contributed by atoms with Crippen LogP contribution in [0.1, 0.15) is 26.9 Å². The zero-order valence-corrected chi connectivity index (χ0v) is 18.7. The molecule has 1 atom stereocenters. The third kappa shape index (κ3) is 4.73. The molecule has 0 radical (unpaired) electrons. The van der Waals surface area contributed by atoms with Crippen LogP contribution >= 0.6 is 11.8 Å². The summed E-state index contributed by atoms with van der Waals surface area (Å²) in [5, 5.41) is 2.81. The van der Waals surface area contributed by atoms with Gasteiger partial charge in [-0.3, -0.25) is 9.59 Å². The van der Waals surface area contributed by atoms with Gasteiger partial charge in [-0.15, -0.1) is 11.8 Å². The molecule has 3 aromatic carbocycles. The summed E-state index contributed by atoms with van der Waals surface area (Å²) in [6.07, 6.45) is 0. The van der Waals surface area contributed by atoms with E-state index in [0.29, 0.717) is 35.0 Å². The summed E-state index contributed by atoms with van der Waals surface area (Å²) in [5.74, 6) is 1.50. The van der Waals surface area contributed by atoms with Gasteiger partial charge in [-0.2, -0.15) is 0 Å². The number of carbonyl (C=O) groups is 2. The Hall–Kier alpha value is -3.45. The van der Waals surface area contributed by atoms with Crippen molar-refractivity contribution in [3.8, 4) is 11.5 Å². The highest BCUT2D eigenvalue weighted by Gasteiger charge is 2.32. The lowest BCUT2D eigenvalue weighted by Crippen LogP contribution is -2.27. The van der Waals surface area contributed by atoms with Crippen molar-refractivity contribution in [1.29, 1.82) is 0 Å². The Kier molecular flexibility index (Phi) is 6.66. The molecule has 3 aromatic rings. The fourth-order valence-corrected chi connectivity index (χ4v) is 4.77. The van der Waals surface area contributed by atoms with Gasteiger partial charge in [0.1, 0.15) is 16.9 Å². The maximum absolute atomic E-state index is 12.8. The van der Waals surface area contributed by atoms with Gasteiger partial charge in [0, 0.05) is 18.2 Å². The van der Waals surface area contributed by atoms with E-state index in [0.717, 1.165) is 11.1 Å². The van der Waals surface area contributed by atoms with E-state index >= 15 is 0 Å². The third-order valence-electron chi connectivity index (χ3n) is 5.28. The summed E-state index contributed by atoms with van der Waals surface area (Å²) < 4.78 is 10.6. The molecule has 164 valence electrons. The van der Waals surface area contributed by atoms with Gasteiger partial charge in [-0.1, -0.05) is 42.5 Å². The molecule has 2 amide bonds. The monoisotopic (exact) mass is 448 g/mol. The molecular weight excluding hydrogens is 424 g/mol. The normalized spacial score (nSPS) is 15.5. The number of ether oxygens (including phenoxy) is 2. The predicted octanol–water partition coefficient (Wildman–Crippen LogP) is 4.73. The van der Waals surface area contributed by atoms with Crippen LogP contribution in [0.25, 0.3) is 0 Å². The number of benzene rings is 3. The van der Waals surface area contributed by atoms with Gasteiger partial charge in [0.2, 0.25) is 5.91 Å². The quantitative estimate of drug-likeness (QED) is 0.566. The standard InChI is InChI=1S/C25H24N2O4S/c1-30-20-12-13-22(31-2)21(14-20)26-24(29)18-8-10-19(11-9-18)25-27(23(28)16-32-25)15-17-6-4-3-5-7-17/h3-14,25H,15-16H2,1-2H3,(H,26,29)/t25-/m0/s1. The highest BCUT2D eigenvalue weighted by Crippen LogP contribution is 2.39. The molecule has 1 aliphatic rings. The van der Waals surface area contributed by atoms with Crippen molar-refractivity contribution >= 4 is 29.3 Å². The number of thioether (sulfide) groups is 1. The van der Waals surface area contributed by atoms with Crippen molar-refractivity contribution < 1.29 is 19.1 Å². The highest BCUT2D eigenvalue weighted by molar-refractivity contribution is 8.00. The smallest absolute Gasteiger partial charge is 0.255 e. The molecule has 0 aromatic heterocycles. The predicted molar refractivity (Wildman–Crippen MR) is 126 cm³/mol. The van der Waals surface area contributed by atoms with Crippen LogP contribution in [-0.4, -0.2) is 36.7 Å². The van der Waals surface area contributed by atoms with E-state index in [-0.39, 0.29) is 17.2 Å². The van der Waals surface area contributed by atoms with E-state index in [4.69, 9.17) is 9.47 Å². The summed E-state index contributed by atoms with van der Waals surface area (Å²) >= 11 is 1.60. The van der Waals surface area contributed by atoms with E-state index in [1.54, 1.807) is 56.3 Å². The zero-order chi connectivity index (χ0) is 22.5. The number of methoxy groups -OCH3 is 2. The summed E-state index contributed by atoms with van der Waals surface area (Å²) in [6, 6.07) is 22.6. The molecule has 1 heterocycles. The minimum atomic E-state index is -0.251. The first kappa shape index (κ1) is 21.8. The van der Waals surface area contributed by atoms with E-state index < -0.39 is 0 Å². The third-order valence-corrected chi connectivity index (χ3v) is 6.53. The zero-order valence-electron chi connectivity index (χ0n) is 17.9. The number of carbonyl (C=O) groups excluding carboxylic acids is 2. The first-order valence-corrected chi connectivity index (χ1v) is 11.2. The Morgan fingerprint density at radius 2 is 1.78 bits per heavy atom. The summed E-state index contributed by atoms with van der Waals surface area (Å²) in [4.78, 5) is 27.2. The Balaban J connectivity index is 1.49. The maximum atomic E-state index is 12.8. The Morgan fingerprint density at radius 1 is 1.03 bits per heavy atom. The van der Waals surface area contributed by atoms with Crippen LogP contribution in [0.3, 0.4) is 0 Å². The van der Waals surface area contributed by atoms with Crippen LogP contribution in [0.4, 0.5) is 5.69 Å². The van der Waals surface area contributed by atoms with Crippen molar-refractivity contribution in [2.75, 3.05) is 25.3 Å². The number of hydrogen-bond acceptors (Lipinski definition) is 5. The van der Waals surface area contributed by atoms with Gasteiger partial charge in [0.15, 0.2) is 0 Å². The molecule has 1 saturated heterocycles. The second-order valence-electron chi connectivity index (χ2n) is 7.31. The second kappa shape index (κ2) is 9.78. The largest absolute Gasteiger partial charge is 0.497 e. The molecule has 0 unspecified atom stereocenters. The molecule has 0 saturated carbocycles. The molecule has 1 aliphatic heterocycles.